The molecule has 0 aliphatic heterocycles. The molecule has 0 unspecified atom stereocenters. The second-order valence-electron chi connectivity index (χ2n) is 4.67. The molecule has 120 valence electrons. The highest BCUT2D eigenvalue weighted by atomic mass is 32.2. The number of nitrogens with one attached hydrogen (secondary N) is 1. The van der Waals surface area contributed by atoms with E-state index in [9.17, 15) is 14.9 Å². The number of non-ortho nitro benzene ring substituents is 1. The number of hydrogen-bond acceptors (Lipinski definition) is 5. The van der Waals surface area contributed by atoms with Crippen molar-refractivity contribution in [3.63, 3.8) is 0 Å². The molecule has 0 heterocycles. The molecule has 1 amide bonds. The Bertz CT molecular complexity index is 647. The molecule has 0 radical (unpaired) electrons. The minimum Gasteiger partial charge on any atom is -0.376 e. The first kappa shape index (κ1) is 17.0. The molecule has 0 saturated heterocycles. The Balaban J connectivity index is 1.64. The molecule has 0 aliphatic rings. The summed E-state index contributed by atoms with van der Waals surface area (Å²) < 4.78 is 8.11. The predicted molar refractivity (Wildman–Crippen MR) is 87.8 cm³/mol. The highest BCUT2D eigenvalue weighted by Gasteiger charge is 2.06. The van der Waals surface area contributed by atoms with Gasteiger partial charge in [-0.3, -0.25) is 19.6 Å². The summed E-state index contributed by atoms with van der Waals surface area (Å²) >= 11 is 1.13. The first-order chi connectivity index (χ1) is 11.1. The molecule has 2 rings (SSSR count). The van der Waals surface area contributed by atoms with E-state index in [0.717, 1.165) is 22.4 Å². The molecule has 1 N–H and O–H groups in total. The van der Waals surface area contributed by atoms with Gasteiger partial charge in [0.15, 0.2) is 0 Å². The van der Waals surface area contributed by atoms with Gasteiger partial charge in [-0.1, -0.05) is 30.3 Å². The number of ether oxygens (including phenoxy) is 1. The van der Waals surface area contributed by atoms with Gasteiger partial charge in [-0.25, -0.2) is 0 Å². The zero-order chi connectivity index (χ0) is 16.5. The number of carbonyl (C=O) groups excluding carboxylic acids is 1. The fraction of sp³-hybridized carbons (Fsp3) is 0.188. The molecule has 7 heteroatoms. The first-order valence-corrected chi connectivity index (χ1v) is 7.78. The monoisotopic (exact) mass is 332 g/mol. The van der Waals surface area contributed by atoms with Crippen molar-refractivity contribution in [2.75, 3.05) is 6.61 Å². The molecule has 6 nitrogen and oxygen atoms in total. The van der Waals surface area contributed by atoms with Gasteiger partial charge < -0.3 is 4.74 Å². The van der Waals surface area contributed by atoms with Crippen molar-refractivity contribution in [2.45, 2.75) is 17.9 Å². The Labute approximate surface area is 138 Å². The Kier molecular flexibility index (Phi) is 6.58. The van der Waals surface area contributed by atoms with Crippen LogP contribution >= 0.6 is 11.9 Å². The van der Waals surface area contributed by atoms with Gasteiger partial charge in [-0.2, -0.15) is 0 Å². The summed E-state index contributed by atoms with van der Waals surface area (Å²) in [4.78, 5) is 22.5. The third kappa shape index (κ3) is 6.09. The predicted octanol–water partition coefficient (Wildman–Crippen LogP) is 3.33. The van der Waals surface area contributed by atoms with Gasteiger partial charge in [0.05, 0.1) is 24.6 Å². The largest absolute Gasteiger partial charge is 0.376 e. The van der Waals surface area contributed by atoms with Crippen LogP contribution in [0.15, 0.2) is 59.5 Å². The average molecular weight is 332 g/mol. The highest BCUT2D eigenvalue weighted by Crippen LogP contribution is 2.19. The number of nitrogens with zero attached hydrogens (tertiary/aromatic N) is 1. The smallest absolute Gasteiger partial charge is 0.269 e. The Morgan fingerprint density at radius 2 is 1.83 bits per heavy atom. The minimum atomic E-state index is -0.461. The van der Waals surface area contributed by atoms with Gasteiger partial charge in [0.25, 0.3) is 5.69 Å². The summed E-state index contributed by atoms with van der Waals surface area (Å²) in [6, 6.07) is 15.7. The van der Waals surface area contributed by atoms with E-state index in [1.54, 1.807) is 12.1 Å². The molecule has 2 aromatic carbocycles. The lowest BCUT2D eigenvalue weighted by atomic mass is 10.2. The minimum absolute atomic E-state index is 0.0231. The van der Waals surface area contributed by atoms with Gasteiger partial charge >= 0.3 is 0 Å². The second-order valence-corrected chi connectivity index (χ2v) is 5.55. The molecule has 0 aromatic heterocycles. The Morgan fingerprint density at radius 1 is 1.13 bits per heavy atom. The number of rotatable bonds is 8. The number of benzene rings is 2. The zero-order valence-electron chi connectivity index (χ0n) is 12.3. The van der Waals surface area contributed by atoms with E-state index < -0.39 is 4.92 Å². The van der Waals surface area contributed by atoms with E-state index in [2.05, 4.69) is 4.72 Å². The molecule has 0 aliphatic carbocycles. The molecule has 0 atom stereocenters. The molecule has 0 spiro atoms. The third-order valence-electron chi connectivity index (χ3n) is 2.92. The van der Waals surface area contributed by atoms with Crippen LogP contribution in [0.25, 0.3) is 0 Å². The van der Waals surface area contributed by atoms with Crippen LogP contribution in [0, 0.1) is 10.1 Å². The molecular weight excluding hydrogens is 316 g/mol. The van der Waals surface area contributed by atoms with Crippen LogP contribution in [0.1, 0.15) is 12.0 Å². The van der Waals surface area contributed by atoms with E-state index in [1.807, 2.05) is 30.3 Å². The standard InChI is InChI=1S/C16H16N2O4S/c19-16(10-11-22-12-13-4-2-1-3-5-13)17-23-15-8-6-14(7-9-15)18(20)21/h1-9H,10-12H2,(H,17,19). The fourth-order valence-electron chi connectivity index (χ4n) is 1.73. The quantitative estimate of drug-likeness (QED) is 0.347. The third-order valence-corrected chi connectivity index (χ3v) is 3.75. The van der Waals surface area contributed by atoms with Crippen molar-refractivity contribution >= 4 is 23.5 Å². The first-order valence-electron chi connectivity index (χ1n) is 6.97. The summed E-state index contributed by atoms with van der Waals surface area (Å²) in [7, 11) is 0. The molecular formula is C16H16N2O4S. The maximum absolute atomic E-state index is 11.7. The van der Waals surface area contributed by atoms with E-state index in [-0.39, 0.29) is 18.0 Å². The Hall–Kier alpha value is -2.38. The fourth-order valence-corrected chi connectivity index (χ4v) is 2.34. The lowest BCUT2D eigenvalue weighted by Crippen LogP contribution is -2.17. The summed E-state index contributed by atoms with van der Waals surface area (Å²) in [6.45, 7) is 0.811. The molecule has 0 fully saturated rings. The topological polar surface area (TPSA) is 81.5 Å². The van der Waals surface area contributed by atoms with E-state index in [1.165, 1.54) is 12.1 Å². The number of carbonyl (C=O) groups is 1. The van der Waals surface area contributed by atoms with E-state index in [0.29, 0.717) is 13.2 Å². The lowest BCUT2D eigenvalue weighted by molar-refractivity contribution is -0.384. The van der Waals surface area contributed by atoms with Crippen LogP contribution in [-0.4, -0.2) is 17.4 Å². The van der Waals surface area contributed by atoms with Crippen LogP contribution in [0.3, 0.4) is 0 Å². The van der Waals surface area contributed by atoms with Gasteiger partial charge in [-0.05, 0) is 29.6 Å². The van der Waals surface area contributed by atoms with Crippen LogP contribution in [-0.2, 0) is 16.1 Å². The van der Waals surface area contributed by atoms with Crippen molar-refractivity contribution < 1.29 is 14.5 Å². The van der Waals surface area contributed by atoms with Gasteiger partial charge in [0, 0.05) is 17.0 Å². The zero-order valence-corrected chi connectivity index (χ0v) is 13.1. The molecule has 0 saturated carbocycles. The molecule has 0 bridgehead atoms. The Morgan fingerprint density at radius 3 is 2.48 bits per heavy atom. The lowest BCUT2D eigenvalue weighted by Gasteiger charge is -2.06. The summed E-state index contributed by atoms with van der Waals surface area (Å²) in [5, 5.41) is 10.5. The summed E-state index contributed by atoms with van der Waals surface area (Å²) in [5.41, 5.74) is 1.09. The van der Waals surface area contributed by atoms with E-state index >= 15 is 0 Å². The summed E-state index contributed by atoms with van der Waals surface area (Å²) in [6.07, 6.45) is 0.257. The van der Waals surface area contributed by atoms with Crippen molar-refractivity contribution in [2.24, 2.45) is 0 Å². The van der Waals surface area contributed by atoms with Crippen molar-refractivity contribution in [1.82, 2.24) is 4.72 Å². The number of nitro benzene ring substituents is 1. The van der Waals surface area contributed by atoms with Crippen molar-refractivity contribution in [3.05, 3.63) is 70.3 Å². The normalized spacial score (nSPS) is 10.3. The van der Waals surface area contributed by atoms with Crippen LogP contribution in [0.2, 0.25) is 0 Å². The number of hydrogen-bond donors (Lipinski definition) is 1. The van der Waals surface area contributed by atoms with Crippen LogP contribution in [0.4, 0.5) is 5.69 Å². The average Bonchev–Trinajstić information content (AvgIpc) is 2.58. The SMILES string of the molecule is O=C(CCOCc1ccccc1)NSc1ccc([N+](=O)[O-])cc1. The van der Waals surface area contributed by atoms with Crippen molar-refractivity contribution in [3.8, 4) is 0 Å². The van der Waals surface area contributed by atoms with E-state index in [4.69, 9.17) is 4.74 Å². The van der Waals surface area contributed by atoms with Gasteiger partial charge in [-0.15, -0.1) is 0 Å². The maximum atomic E-state index is 11.7. The van der Waals surface area contributed by atoms with Crippen molar-refractivity contribution in [1.29, 1.82) is 0 Å². The molecule has 2 aromatic rings. The maximum Gasteiger partial charge on any atom is 0.269 e. The van der Waals surface area contributed by atoms with Crippen LogP contribution in [0.5, 0.6) is 0 Å². The summed E-state index contributed by atoms with van der Waals surface area (Å²) in [5.74, 6) is -0.151. The van der Waals surface area contributed by atoms with Gasteiger partial charge in [0.2, 0.25) is 5.91 Å². The number of amides is 1. The molecule has 23 heavy (non-hydrogen) atoms. The van der Waals surface area contributed by atoms with Gasteiger partial charge in [0.1, 0.15) is 0 Å². The van der Waals surface area contributed by atoms with Crippen LogP contribution < -0.4 is 4.72 Å². The number of nitro groups is 1. The highest BCUT2D eigenvalue weighted by molar-refractivity contribution is 7.98. The second kappa shape index (κ2) is 8.92.